The van der Waals surface area contributed by atoms with Crippen LogP contribution in [0, 0.1) is 0 Å². The number of ether oxygens (including phenoxy) is 1. The van der Waals surface area contributed by atoms with Gasteiger partial charge in [0.1, 0.15) is 11.8 Å². The normalized spacial score (nSPS) is 12.7. The Morgan fingerprint density at radius 3 is 2.21 bits per heavy atom. The molecule has 2 aromatic carbocycles. The van der Waals surface area contributed by atoms with Crippen LogP contribution in [0.3, 0.4) is 0 Å². The predicted molar refractivity (Wildman–Crippen MR) is 111 cm³/mol. The van der Waals surface area contributed by atoms with E-state index in [1.807, 2.05) is 62.4 Å². The maximum Gasteiger partial charge on any atom is 0.261 e. The van der Waals surface area contributed by atoms with E-state index in [2.05, 4.69) is 5.32 Å². The summed E-state index contributed by atoms with van der Waals surface area (Å²) in [5.41, 5.74) is 1.12. The number of hydrogen-bond acceptors (Lipinski definition) is 3. The van der Waals surface area contributed by atoms with Gasteiger partial charge in [-0.05, 0) is 44.4 Å². The van der Waals surface area contributed by atoms with Gasteiger partial charge in [0.2, 0.25) is 5.91 Å². The van der Waals surface area contributed by atoms with Crippen molar-refractivity contribution in [3.8, 4) is 5.75 Å². The van der Waals surface area contributed by atoms with Crippen LogP contribution >= 0.6 is 0 Å². The number of hydrogen-bond donors (Lipinski definition) is 1. The van der Waals surface area contributed by atoms with Gasteiger partial charge in [-0.1, -0.05) is 55.5 Å². The lowest BCUT2D eigenvalue weighted by Crippen LogP contribution is -2.51. The second-order valence-electron chi connectivity index (χ2n) is 6.92. The Bertz CT molecular complexity index is 734. The predicted octanol–water partition coefficient (Wildman–Crippen LogP) is 3.44. The molecule has 1 N–H and O–H groups in total. The summed E-state index contributed by atoms with van der Waals surface area (Å²) in [7, 11) is 0. The molecule has 150 valence electrons. The molecule has 0 saturated heterocycles. The van der Waals surface area contributed by atoms with E-state index in [1.165, 1.54) is 0 Å². The first-order valence-electron chi connectivity index (χ1n) is 9.82. The average molecular weight is 383 g/mol. The van der Waals surface area contributed by atoms with Crippen LogP contribution in [-0.2, 0) is 16.0 Å². The smallest absolute Gasteiger partial charge is 0.261 e. The highest BCUT2D eigenvalue weighted by Gasteiger charge is 2.26. The summed E-state index contributed by atoms with van der Waals surface area (Å²) in [5.74, 6) is 0.289. The summed E-state index contributed by atoms with van der Waals surface area (Å²) in [6, 6.07) is 18.7. The van der Waals surface area contributed by atoms with Crippen molar-refractivity contribution in [2.75, 3.05) is 13.2 Å². The van der Waals surface area contributed by atoms with E-state index >= 15 is 0 Å². The maximum absolute atomic E-state index is 12.9. The molecule has 0 aliphatic heterocycles. The summed E-state index contributed by atoms with van der Waals surface area (Å²) in [6.45, 7) is 6.10. The highest BCUT2D eigenvalue weighted by molar-refractivity contribution is 5.88. The van der Waals surface area contributed by atoms with Crippen LogP contribution < -0.4 is 10.1 Å². The van der Waals surface area contributed by atoms with Gasteiger partial charge >= 0.3 is 0 Å². The fourth-order valence-corrected chi connectivity index (χ4v) is 2.78. The third-order valence-electron chi connectivity index (χ3n) is 4.76. The number of carbonyl (C=O) groups excluding carboxylic acids is 2. The van der Waals surface area contributed by atoms with Crippen LogP contribution in [0.15, 0.2) is 60.7 Å². The largest absolute Gasteiger partial charge is 0.484 e. The Morgan fingerprint density at radius 1 is 1.00 bits per heavy atom. The Balaban J connectivity index is 2.05. The molecule has 0 heterocycles. The minimum absolute atomic E-state index is 0.0709. The molecule has 2 amide bonds. The van der Waals surface area contributed by atoms with Gasteiger partial charge in [-0.15, -0.1) is 0 Å². The first-order chi connectivity index (χ1) is 13.5. The lowest BCUT2D eigenvalue weighted by atomic mass is 10.1. The molecule has 5 heteroatoms. The van der Waals surface area contributed by atoms with Gasteiger partial charge in [0.15, 0.2) is 6.61 Å². The highest BCUT2D eigenvalue weighted by atomic mass is 16.5. The van der Waals surface area contributed by atoms with Crippen molar-refractivity contribution in [2.24, 2.45) is 0 Å². The standard InChI is InChI=1S/C23H30N2O3/c1-4-18(2)24-23(27)19(3)25(16-15-20-11-7-5-8-12-20)22(26)17-28-21-13-9-6-10-14-21/h5-14,18-19H,4,15-17H2,1-3H3,(H,24,27)/t18-,19+/m0/s1. The molecule has 2 aromatic rings. The zero-order valence-corrected chi connectivity index (χ0v) is 16.9. The van der Waals surface area contributed by atoms with Gasteiger partial charge in [0, 0.05) is 12.6 Å². The lowest BCUT2D eigenvalue weighted by Gasteiger charge is -2.29. The van der Waals surface area contributed by atoms with Crippen molar-refractivity contribution in [2.45, 2.75) is 45.7 Å². The lowest BCUT2D eigenvalue weighted by molar-refractivity contribution is -0.141. The number of carbonyl (C=O) groups is 2. The number of benzene rings is 2. The summed E-state index contributed by atoms with van der Waals surface area (Å²) >= 11 is 0. The van der Waals surface area contributed by atoms with Gasteiger partial charge in [0.05, 0.1) is 0 Å². The van der Waals surface area contributed by atoms with Crippen LogP contribution in [0.1, 0.15) is 32.8 Å². The number of nitrogens with one attached hydrogen (secondary N) is 1. The molecule has 0 unspecified atom stereocenters. The Labute approximate surface area is 167 Å². The molecule has 5 nitrogen and oxygen atoms in total. The van der Waals surface area contributed by atoms with Crippen molar-refractivity contribution >= 4 is 11.8 Å². The summed E-state index contributed by atoms with van der Waals surface area (Å²) in [5, 5.41) is 2.96. The highest BCUT2D eigenvalue weighted by Crippen LogP contribution is 2.11. The Morgan fingerprint density at radius 2 is 1.61 bits per heavy atom. The molecule has 0 aromatic heterocycles. The Kier molecular flexibility index (Phi) is 8.53. The van der Waals surface area contributed by atoms with E-state index in [9.17, 15) is 9.59 Å². The quantitative estimate of drug-likeness (QED) is 0.685. The summed E-state index contributed by atoms with van der Waals surface area (Å²) in [6.07, 6.45) is 1.52. The molecule has 0 fully saturated rings. The van der Waals surface area contributed by atoms with Crippen molar-refractivity contribution in [1.82, 2.24) is 10.2 Å². The van der Waals surface area contributed by atoms with E-state index in [0.29, 0.717) is 18.7 Å². The zero-order chi connectivity index (χ0) is 20.4. The van der Waals surface area contributed by atoms with Crippen LogP contribution in [0.25, 0.3) is 0 Å². The molecule has 0 radical (unpaired) electrons. The topological polar surface area (TPSA) is 58.6 Å². The van der Waals surface area contributed by atoms with Crippen molar-refractivity contribution in [3.63, 3.8) is 0 Å². The monoisotopic (exact) mass is 382 g/mol. The van der Waals surface area contributed by atoms with Gasteiger partial charge < -0.3 is 15.0 Å². The molecule has 0 bridgehead atoms. The van der Waals surface area contributed by atoms with Crippen molar-refractivity contribution < 1.29 is 14.3 Å². The SMILES string of the molecule is CC[C@H](C)NC(=O)[C@@H](C)N(CCc1ccccc1)C(=O)COc1ccccc1. The molecule has 0 spiro atoms. The van der Waals surface area contributed by atoms with Crippen LogP contribution in [-0.4, -0.2) is 41.9 Å². The van der Waals surface area contributed by atoms with Gasteiger partial charge in [-0.2, -0.15) is 0 Å². The van der Waals surface area contributed by atoms with E-state index in [1.54, 1.807) is 24.0 Å². The van der Waals surface area contributed by atoms with E-state index in [4.69, 9.17) is 4.74 Å². The fraction of sp³-hybridized carbons (Fsp3) is 0.391. The molecule has 2 rings (SSSR count). The Hall–Kier alpha value is -2.82. The zero-order valence-electron chi connectivity index (χ0n) is 16.9. The molecule has 2 atom stereocenters. The molecule has 0 aliphatic rings. The maximum atomic E-state index is 12.9. The first-order valence-corrected chi connectivity index (χ1v) is 9.82. The average Bonchev–Trinajstić information content (AvgIpc) is 2.73. The van der Waals surface area contributed by atoms with Gasteiger partial charge in [-0.25, -0.2) is 0 Å². The second kappa shape index (κ2) is 11.1. The van der Waals surface area contributed by atoms with Crippen LogP contribution in [0.2, 0.25) is 0 Å². The van der Waals surface area contributed by atoms with Crippen molar-refractivity contribution in [1.29, 1.82) is 0 Å². The minimum atomic E-state index is -0.565. The number of nitrogens with zero attached hydrogens (tertiary/aromatic N) is 1. The molecular formula is C23H30N2O3. The van der Waals surface area contributed by atoms with Crippen LogP contribution in [0.5, 0.6) is 5.75 Å². The molecule has 28 heavy (non-hydrogen) atoms. The third-order valence-corrected chi connectivity index (χ3v) is 4.76. The van der Waals surface area contributed by atoms with E-state index in [0.717, 1.165) is 12.0 Å². The summed E-state index contributed by atoms with van der Waals surface area (Å²) < 4.78 is 5.61. The molecular weight excluding hydrogens is 352 g/mol. The van der Waals surface area contributed by atoms with Gasteiger partial charge in [-0.3, -0.25) is 9.59 Å². The minimum Gasteiger partial charge on any atom is -0.484 e. The first kappa shape index (κ1) is 21.5. The molecule has 0 aliphatic carbocycles. The second-order valence-corrected chi connectivity index (χ2v) is 6.92. The van der Waals surface area contributed by atoms with E-state index in [-0.39, 0.29) is 24.5 Å². The van der Waals surface area contributed by atoms with Gasteiger partial charge in [0.25, 0.3) is 5.91 Å². The number of para-hydroxylation sites is 1. The molecule has 0 saturated carbocycles. The van der Waals surface area contributed by atoms with E-state index < -0.39 is 6.04 Å². The fourth-order valence-electron chi connectivity index (χ4n) is 2.78. The van der Waals surface area contributed by atoms with Crippen molar-refractivity contribution in [3.05, 3.63) is 66.2 Å². The number of rotatable bonds is 10. The third kappa shape index (κ3) is 6.72. The number of amides is 2. The van der Waals surface area contributed by atoms with Crippen LogP contribution in [0.4, 0.5) is 0 Å². The summed E-state index contributed by atoms with van der Waals surface area (Å²) in [4.78, 5) is 27.1.